The molecule has 0 aromatic carbocycles. The van der Waals surface area contributed by atoms with Gasteiger partial charge in [0.2, 0.25) is 0 Å². The summed E-state index contributed by atoms with van der Waals surface area (Å²) in [6.07, 6.45) is 51.0. The van der Waals surface area contributed by atoms with E-state index in [2.05, 4.69) is 57.2 Å². The van der Waals surface area contributed by atoms with Gasteiger partial charge in [-0.2, -0.15) is 0 Å². The van der Waals surface area contributed by atoms with Crippen molar-refractivity contribution < 1.29 is 58.2 Å². The number of aliphatic hydroxyl groups excluding tert-OH is 2. The second-order valence-electron chi connectivity index (χ2n) is 22.0. The highest BCUT2D eigenvalue weighted by Crippen LogP contribution is 2.27. The summed E-state index contributed by atoms with van der Waals surface area (Å²) >= 11 is 0. The van der Waals surface area contributed by atoms with Crippen molar-refractivity contribution in [3.8, 4) is 0 Å². The molecule has 3 N–H and O–H groups in total. The molecule has 0 aromatic rings. The molecule has 0 saturated carbocycles. The Kier molecular flexibility index (Phi) is 50.1. The van der Waals surface area contributed by atoms with E-state index in [1.807, 2.05) is 0 Å². The Labute approximate surface area is 470 Å². The molecule has 0 radical (unpaired) electrons. The number of hydrogen-bond donors (Lipinski definition) is 3. The number of carboxylic acid groups (broad SMARTS) is 1. The third kappa shape index (κ3) is 43.4. The first-order chi connectivity index (χ1) is 37.6. The highest BCUT2D eigenvalue weighted by molar-refractivity contribution is 5.74. The minimum atomic E-state index is -1.90. The molecule has 0 amide bonds. The van der Waals surface area contributed by atoms with Gasteiger partial charge in [-0.25, -0.2) is 4.79 Å². The molecule has 0 aliphatic carbocycles. The minimum absolute atomic E-state index is 0.0638. The Morgan fingerprint density at radius 2 is 0.779 bits per heavy atom. The summed E-state index contributed by atoms with van der Waals surface area (Å²) in [7, 11) is 0. The summed E-state index contributed by atoms with van der Waals surface area (Å²) in [6.45, 7) is 5.99. The number of unbranched alkanes of at least 4 members (excludes halogenated alkanes) is 35. The molecule has 0 bridgehead atoms. The van der Waals surface area contributed by atoms with E-state index in [-0.39, 0.29) is 25.9 Å². The Morgan fingerprint density at radius 3 is 1.21 bits per heavy atom. The first-order valence-electron chi connectivity index (χ1n) is 32.0. The Bertz CT molecular complexity index is 1480. The van der Waals surface area contributed by atoms with E-state index >= 15 is 0 Å². The Balaban J connectivity index is 2.67. The maximum atomic E-state index is 13.2. The van der Waals surface area contributed by atoms with E-state index in [0.29, 0.717) is 19.3 Å². The first kappa shape index (κ1) is 72.0. The molecule has 1 rings (SSSR count). The van der Waals surface area contributed by atoms with Gasteiger partial charge in [0, 0.05) is 19.3 Å². The third-order valence-corrected chi connectivity index (χ3v) is 14.7. The van der Waals surface area contributed by atoms with E-state index < -0.39 is 67.3 Å². The molecule has 12 nitrogen and oxygen atoms in total. The molecule has 1 fully saturated rings. The fourth-order valence-electron chi connectivity index (χ4n) is 9.75. The van der Waals surface area contributed by atoms with Crippen LogP contribution in [0.5, 0.6) is 0 Å². The largest absolute Gasteiger partial charge is 0.479 e. The smallest absolute Gasteiger partial charge is 0.335 e. The molecule has 1 aliphatic heterocycles. The van der Waals surface area contributed by atoms with Crippen molar-refractivity contribution >= 4 is 23.9 Å². The van der Waals surface area contributed by atoms with Gasteiger partial charge in [-0.1, -0.05) is 243 Å². The van der Waals surface area contributed by atoms with Crippen LogP contribution < -0.4 is 0 Å². The van der Waals surface area contributed by atoms with E-state index in [9.17, 15) is 34.5 Å². The maximum absolute atomic E-state index is 13.2. The van der Waals surface area contributed by atoms with Crippen molar-refractivity contribution in [2.75, 3.05) is 13.2 Å². The number of carbonyl (C=O) groups is 4. The molecule has 448 valence electrons. The number of ether oxygens (including phenoxy) is 5. The topological polar surface area (TPSA) is 175 Å². The van der Waals surface area contributed by atoms with E-state index in [0.717, 1.165) is 96.3 Å². The molecule has 6 atom stereocenters. The third-order valence-electron chi connectivity index (χ3n) is 14.7. The predicted molar refractivity (Wildman–Crippen MR) is 313 cm³/mol. The lowest BCUT2D eigenvalue weighted by Gasteiger charge is -2.40. The lowest BCUT2D eigenvalue weighted by Crippen LogP contribution is -2.61. The van der Waals surface area contributed by atoms with Gasteiger partial charge in [-0.05, 0) is 77.0 Å². The van der Waals surface area contributed by atoms with Crippen LogP contribution in [0.1, 0.15) is 303 Å². The molecule has 6 unspecified atom stereocenters. The SMILES string of the molecule is CCCCC/C=C\C/C=C\CCCCCCCC(=O)OC(COC(=O)CCCCCCCCC/C=C\CCCCCCCC)COC1OC(C(=O)O)C(O)C(O)C1OC(=O)CCCCCCCCCCCCCCCCC. The van der Waals surface area contributed by atoms with E-state index in [1.165, 1.54) is 148 Å². The average molecular weight is 1090 g/mol. The second kappa shape index (κ2) is 53.6. The molecule has 0 aromatic heterocycles. The lowest BCUT2D eigenvalue weighted by molar-refractivity contribution is -0.301. The molecule has 1 saturated heterocycles. The highest BCUT2D eigenvalue weighted by atomic mass is 16.7. The fraction of sp³-hybridized carbons (Fsp3) is 0.846. The zero-order valence-corrected chi connectivity index (χ0v) is 49.5. The normalized spacial score (nSPS) is 18.2. The number of aliphatic carboxylic acids is 1. The fourth-order valence-corrected chi connectivity index (χ4v) is 9.75. The van der Waals surface area contributed by atoms with Gasteiger partial charge in [0.05, 0.1) is 6.61 Å². The summed E-state index contributed by atoms with van der Waals surface area (Å²) in [5.74, 6) is -3.11. The van der Waals surface area contributed by atoms with Gasteiger partial charge in [0.1, 0.15) is 18.8 Å². The molecule has 77 heavy (non-hydrogen) atoms. The number of aliphatic hydroxyl groups is 2. The summed E-state index contributed by atoms with van der Waals surface area (Å²) in [5.41, 5.74) is 0. The van der Waals surface area contributed by atoms with Gasteiger partial charge in [-0.15, -0.1) is 0 Å². The number of rotatable bonds is 55. The molecule has 12 heteroatoms. The Hall–Kier alpha value is -3.06. The van der Waals surface area contributed by atoms with Crippen LogP contribution in [0.15, 0.2) is 36.5 Å². The lowest BCUT2D eigenvalue weighted by atomic mass is 9.98. The maximum Gasteiger partial charge on any atom is 0.335 e. The van der Waals surface area contributed by atoms with Crippen molar-refractivity contribution in [2.24, 2.45) is 0 Å². The van der Waals surface area contributed by atoms with Crippen LogP contribution in [-0.2, 0) is 42.9 Å². The predicted octanol–water partition coefficient (Wildman–Crippen LogP) is 16.8. The number of hydrogen-bond acceptors (Lipinski definition) is 11. The molecule has 1 aliphatic rings. The van der Waals surface area contributed by atoms with E-state index in [4.69, 9.17) is 23.7 Å². The van der Waals surface area contributed by atoms with E-state index in [1.54, 1.807) is 0 Å². The highest BCUT2D eigenvalue weighted by Gasteiger charge is 2.50. The summed E-state index contributed by atoms with van der Waals surface area (Å²) in [6, 6.07) is 0. The zero-order chi connectivity index (χ0) is 56.1. The average Bonchev–Trinajstić information content (AvgIpc) is 3.43. The first-order valence-corrected chi connectivity index (χ1v) is 32.0. The van der Waals surface area contributed by atoms with Crippen molar-refractivity contribution in [1.82, 2.24) is 0 Å². The van der Waals surface area contributed by atoms with Gasteiger partial charge < -0.3 is 39.0 Å². The van der Waals surface area contributed by atoms with Crippen molar-refractivity contribution in [3.05, 3.63) is 36.5 Å². The van der Waals surface area contributed by atoms with Crippen LogP contribution in [0.4, 0.5) is 0 Å². The number of allylic oxidation sites excluding steroid dienone is 6. The molecular weight excluding hydrogens is 973 g/mol. The van der Waals surface area contributed by atoms with Crippen LogP contribution in [0, 0.1) is 0 Å². The van der Waals surface area contributed by atoms with Crippen LogP contribution >= 0.6 is 0 Å². The standard InChI is InChI=1S/C65H116O12/c1-4-7-10-13-16-19-22-25-28-29-32-33-36-39-42-45-48-51-57(66)73-54-56(75-58(67)52-49-46-43-40-37-34-30-26-23-20-17-14-11-8-5-2)55-74-65-63(61(70)60(69)62(77-65)64(71)72)76-59(68)53-50-47-44-41-38-35-31-27-24-21-18-15-12-9-6-3/h17,20,25-26,28,30,56,60-63,65,69-70H,4-16,18-19,21-24,27,29,31-55H2,1-3H3,(H,71,72)/b20-17-,28-25-,30-26-. The summed E-state index contributed by atoms with van der Waals surface area (Å²) < 4.78 is 28.5. The van der Waals surface area contributed by atoms with Gasteiger partial charge in [-0.3, -0.25) is 14.4 Å². The van der Waals surface area contributed by atoms with Crippen molar-refractivity contribution in [1.29, 1.82) is 0 Å². The van der Waals surface area contributed by atoms with Gasteiger partial charge in [0.25, 0.3) is 0 Å². The Morgan fingerprint density at radius 1 is 0.429 bits per heavy atom. The van der Waals surface area contributed by atoms with Crippen LogP contribution in [0.2, 0.25) is 0 Å². The van der Waals surface area contributed by atoms with Crippen molar-refractivity contribution in [3.63, 3.8) is 0 Å². The molecule has 0 spiro atoms. The van der Waals surface area contributed by atoms with Gasteiger partial charge in [0.15, 0.2) is 24.6 Å². The van der Waals surface area contributed by atoms with Gasteiger partial charge >= 0.3 is 23.9 Å². The summed E-state index contributed by atoms with van der Waals surface area (Å²) in [5, 5.41) is 31.5. The second-order valence-corrected chi connectivity index (χ2v) is 22.0. The monoisotopic (exact) mass is 1090 g/mol. The quantitative estimate of drug-likeness (QED) is 0.0228. The van der Waals surface area contributed by atoms with Crippen molar-refractivity contribution in [2.45, 2.75) is 340 Å². The molecular formula is C65H116O12. The van der Waals surface area contributed by atoms with Crippen LogP contribution in [0.25, 0.3) is 0 Å². The number of carboxylic acids is 1. The zero-order valence-electron chi connectivity index (χ0n) is 49.5. The van der Waals surface area contributed by atoms with Crippen LogP contribution in [0.3, 0.4) is 0 Å². The van der Waals surface area contributed by atoms with Crippen LogP contribution in [-0.4, -0.2) is 89.2 Å². The molecule has 1 heterocycles. The number of esters is 3. The number of carbonyl (C=O) groups excluding carboxylic acids is 3. The summed E-state index contributed by atoms with van der Waals surface area (Å²) in [4.78, 5) is 51.2. The minimum Gasteiger partial charge on any atom is -0.479 e.